The molecule has 2 amide bonds. The molecule has 118 valence electrons. The SMILES string of the molecule is O=C(Nc1ccc(C(F)(F)F)cc1)Nc1ncc(CCO)s1. The second-order valence-electron chi connectivity index (χ2n) is 4.26. The van der Waals surface area contributed by atoms with E-state index in [1.165, 1.54) is 29.7 Å². The van der Waals surface area contributed by atoms with E-state index in [1.807, 2.05) is 0 Å². The van der Waals surface area contributed by atoms with E-state index in [4.69, 9.17) is 5.11 Å². The number of hydrogen-bond acceptors (Lipinski definition) is 4. The highest BCUT2D eigenvalue weighted by atomic mass is 32.1. The average molecular weight is 331 g/mol. The summed E-state index contributed by atoms with van der Waals surface area (Å²) in [7, 11) is 0. The number of hydrogen-bond donors (Lipinski definition) is 3. The Bertz CT molecular complexity index is 641. The fourth-order valence-electron chi connectivity index (χ4n) is 1.59. The van der Waals surface area contributed by atoms with Crippen LogP contribution in [0.4, 0.5) is 28.8 Å². The molecule has 0 bridgehead atoms. The summed E-state index contributed by atoms with van der Waals surface area (Å²) in [5, 5.41) is 14.0. The first-order valence-electron chi connectivity index (χ1n) is 6.19. The number of aromatic nitrogens is 1. The van der Waals surface area contributed by atoms with Crippen molar-refractivity contribution in [1.82, 2.24) is 4.98 Å². The Morgan fingerprint density at radius 1 is 1.23 bits per heavy atom. The van der Waals surface area contributed by atoms with Gasteiger partial charge in [-0.1, -0.05) is 0 Å². The lowest BCUT2D eigenvalue weighted by Crippen LogP contribution is -2.19. The summed E-state index contributed by atoms with van der Waals surface area (Å²) in [4.78, 5) is 16.5. The number of amides is 2. The van der Waals surface area contributed by atoms with Gasteiger partial charge >= 0.3 is 12.2 Å². The summed E-state index contributed by atoms with van der Waals surface area (Å²) in [6.45, 7) is -0.0145. The van der Waals surface area contributed by atoms with Crippen LogP contribution < -0.4 is 10.6 Å². The normalized spacial score (nSPS) is 11.3. The molecule has 0 radical (unpaired) electrons. The molecule has 0 aliphatic rings. The minimum Gasteiger partial charge on any atom is -0.396 e. The molecule has 2 rings (SSSR count). The van der Waals surface area contributed by atoms with Gasteiger partial charge in [0.1, 0.15) is 0 Å². The van der Waals surface area contributed by atoms with Crippen LogP contribution in [0.15, 0.2) is 30.5 Å². The molecule has 3 N–H and O–H groups in total. The fraction of sp³-hybridized carbons (Fsp3) is 0.231. The first kappa shape index (κ1) is 16.2. The lowest BCUT2D eigenvalue weighted by molar-refractivity contribution is -0.137. The van der Waals surface area contributed by atoms with Crippen molar-refractivity contribution < 1.29 is 23.1 Å². The van der Waals surface area contributed by atoms with Crippen LogP contribution in [-0.4, -0.2) is 22.7 Å². The molecule has 0 saturated heterocycles. The molecule has 2 aromatic rings. The molecule has 1 aromatic carbocycles. The van der Waals surface area contributed by atoms with Crippen molar-refractivity contribution in [3.8, 4) is 0 Å². The number of carbonyl (C=O) groups is 1. The Morgan fingerprint density at radius 2 is 1.91 bits per heavy atom. The summed E-state index contributed by atoms with van der Waals surface area (Å²) in [6.07, 6.45) is -2.43. The van der Waals surface area contributed by atoms with Gasteiger partial charge in [0.05, 0.1) is 5.56 Å². The minimum atomic E-state index is -4.41. The van der Waals surface area contributed by atoms with Gasteiger partial charge in [0.2, 0.25) is 0 Å². The number of alkyl halides is 3. The molecule has 0 atom stereocenters. The number of halogens is 3. The first-order chi connectivity index (χ1) is 10.4. The monoisotopic (exact) mass is 331 g/mol. The van der Waals surface area contributed by atoms with Crippen LogP contribution in [0.25, 0.3) is 0 Å². The van der Waals surface area contributed by atoms with Gasteiger partial charge in [0, 0.05) is 29.8 Å². The topological polar surface area (TPSA) is 74.2 Å². The number of nitrogens with one attached hydrogen (secondary N) is 2. The summed E-state index contributed by atoms with van der Waals surface area (Å²) in [5.41, 5.74) is -0.551. The molecule has 0 aliphatic heterocycles. The van der Waals surface area contributed by atoms with Crippen LogP contribution in [0, 0.1) is 0 Å². The largest absolute Gasteiger partial charge is 0.416 e. The number of urea groups is 1. The molecule has 1 heterocycles. The van der Waals surface area contributed by atoms with Crippen molar-refractivity contribution in [1.29, 1.82) is 0 Å². The molecule has 22 heavy (non-hydrogen) atoms. The smallest absolute Gasteiger partial charge is 0.396 e. The molecule has 0 fully saturated rings. The van der Waals surface area contributed by atoms with Crippen LogP contribution >= 0.6 is 11.3 Å². The highest BCUT2D eigenvalue weighted by Gasteiger charge is 2.29. The molecule has 0 saturated carbocycles. The third-order valence-corrected chi connectivity index (χ3v) is 3.57. The van der Waals surface area contributed by atoms with Crippen LogP contribution in [0.2, 0.25) is 0 Å². The van der Waals surface area contributed by atoms with Crippen LogP contribution in [0.1, 0.15) is 10.4 Å². The molecular formula is C13H12F3N3O2S. The number of benzene rings is 1. The zero-order valence-corrected chi connectivity index (χ0v) is 12.0. The Kier molecular flexibility index (Phi) is 4.99. The Balaban J connectivity index is 1.93. The van der Waals surface area contributed by atoms with Crippen molar-refractivity contribution in [2.75, 3.05) is 17.2 Å². The third kappa shape index (κ3) is 4.43. The minimum absolute atomic E-state index is 0.0145. The number of nitrogens with zero attached hydrogens (tertiary/aromatic N) is 1. The summed E-state index contributed by atoms with van der Waals surface area (Å²) < 4.78 is 37.2. The lowest BCUT2D eigenvalue weighted by Gasteiger charge is -2.08. The van der Waals surface area contributed by atoms with Crippen LogP contribution in [0.3, 0.4) is 0 Å². The second-order valence-corrected chi connectivity index (χ2v) is 5.37. The molecular weight excluding hydrogens is 319 g/mol. The summed E-state index contributed by atoms with van der Waals surface area (Å²) in [6, 6.07) is 3.50. The average Bonchev–Trinajstić information content (AvgIpc) is 2.86. The number of carbonyl (C=O) groups excluding carboxylic acids is 1. The maximum absolute atomic E-state index is 12.4. The Labute approximate surface area is 127 Å². The van der Waals surface area contributed by atoms with Crippen LogP contribution in [-0.2, 0) is 12.6 Å². The maximum atomic E-state index is 12.4. The van der Waals surface area contributed by atoms with E-state index in [2.05, 4.69) is 15.6 Å². The highest BCUT2D eigenvalue weighted by molar-refractivity contribution is 7.15. The van der Waals surface area contributed by atoms with E-state index in [1.54, 1.807) is 0 Å². The van der Waals surface area contributed by atoms with Gasteiger partial charge in [-0.25, -0.2) is 9.78 Å². The second kappa shape index (κ2) is 6.75. The van der Waals surface area contributed by atoms with Gasteiger partial charge in [0.25, 0.3) is 0 Å². The van der Waals surface area contributed by atoms with Gasteiger partial charge in [-0.05, 0) is 24.3 Å². The quantitative estimate of drug-likeness (QED) is 0.804. The predicted octanol–water partition coefficient (Wildman–Crippen LogP) is 3.34. The lowest BCUT2D eigenvalue weighted by atomic mass is 10.2. The van der Waals surface area contributed by atoms with Crippen molar-refractivity contribution in [3.05, 3.63) is 40.9 Å². The Morgan fingerprint density at radius 3 is 2.50 bits per heavy atom. The van der Waals surface area contributed by atoms with Gasteiger partial charge in [-0.2, -0.15) is 13.2 Å². The molecule has 0 unspecified atom stereocenters. The molecule has 5 nitrogen and oxygen atoms in total. The number of thiazole rings is 1. The van der Waals surface area contributed by atoms with E-state index < -0.39 is 17.8 Å². The zero-order valence-electron chi connectivity index (χ0n) is 11.1. The van der Waals surface area contributed by atoms with Crippen molar-refractivity contribution in [2.24, 2.45) is 0 Å². The zero-order chi connectivity index (χ0) is 16.2. The highest BCUT2D eigenvalue weighted by Crippen LogP contribution is 2.29. The molecule has 9 heteroatoms. The van der Waals surface area contributed by atoms with E-state index in [-0.39, 0.29) is 12.3 Å². The summed E-state index contributed by atoms with van der Waals surface area (Å²) in [5.74, 6) is 0. The van der Waals surface area contributed by atoms with Gasteiger partial charge in [0.15, 0.2) is 5.13 Å². The third-order valence-electron chi connectivity index (χ3n) is 2.60. The van der Waals surface area contributed by atoms with Gasteiger partial charge in [-0.15, -0.1) is 11.3 Å². The Hall–Kier alpha value is -2.13. The van der Waals surface area contributed by atoms with Crippen molar-refractivity contribution in [3.63, 3.8) is 0 Å². The summed E-state index contributed by atoms with van der Waals surface area (Å²) >= 11 is 1.21. The molecule has 1 aromatic heterocycles. The first-order valence-corrected chi connectivity index (χ1v) is 7.01. The van der Waals surface area contributed by atoms with Crippen molar-refractivity contribution in [2.45, 2.75) is 12.6 Å². The van der Waals surface area contributed by atoms with Crippen molar-refractivity contribution >= 4 is 28.2 Å². The van der Waals surface area contributed by atoms with E-state index in [0.29, 0.717) is 11.6 Å². The fourth-order valence-corrected chi connectivity index (χ4v) is 2.39. The maximum Gasteiger partial charge on any atom is 0.416 e. The van der Waals surface area contributed by atoms with E-state index >= 15 is 0 Å². The molecule has 0 spiro atoms. The van der Waals surface area contributed by atoms with Crippen LogP contribution in [0.5, 0.6) is 0 Å². The van der Waals surface area contributed by atoms with Gasteiger partial charge in [-0.3, -0.25) is 5.32 Å². The number of anilines is 2. The number of rotatable bonds is 4. The number of aliphatic hydroxyl groups is 1. The van der Waals surface area contributed by atoms with E-state index in [0.717, 1.165) is 17.0 Å². The van der Waals surface area contributed by atoms with Gasteiger partial charge < -0.3 is 10.4 Å². The number of aliphatic hydroxyl groups excluding tert-OH is 1. The van der Waals surface area contributed by atoms with E-state index in [9.17, 15) is 18.0 Å². The standard InChI is InChI=1S/C13H12F3N3O2S/c14-13(15,16)8-1-3-9(4-2-8)18-11(21)19-12-17-7-10(22-12)5-6-20/h1-4,7,20H,5-6H2,(H2,17,18,19,21). The molecule has 0 aliphatic carbocycles. The predicted molar refractivity (Wildman–Crippen MR) is 77.0 cm³/mol.